The van der Waals surface area contributed by atoms with Gasteiger partial charge in [0.05, 0.1) is 11.0 Å². The summed E-state index contributed by atoms with van der Waals surface area (Å²) in [5, 5.41) is 6.17. The van der Waals surface area contributed by atoms with E-state index in [9.17, 15) is 14.0 Å². The fourth-order valence-corrected chi connectivity index (χ4v) is 2.47. The number of nitrogens with one attached hydrogen (secondary N) is 1. The van der Waals surface area contributed by atoms with Crippen LogP contribution in [0.5, 0.6) is 5.75 Å². The van der Waals surface area contributed by atoms with Crippen molar-refractivity contribution in [2.24, 2.45) is 0 Å². The highest BCUT2D eigenvalue weighted by Gasteiger charge is 2.22. The number of aryl methyl sites for hydroxylation is 1. The van der Waals surface area contributed by atoms with Crippen molar-refractivity contribution in [1.82, 2.24) is 10.1 Å². The monoisotopic (exact) mass is 413 g/mol. The second-order valence-electron chi connectivity index (χ2n) is 5.40. The maximum atomic E-state index is 13.1. The number of rotatable bonds is 6. The maximum Gasteiger partial charge on any atom is 0.263 e. The molecule has 0 bridgehead atoms. The van der Waals surface area contributed by atoms with Crippen molar-refractivity contribution in [3.8, 4) is 5.75 Å². The van der Waals surface area contributed by atoms with Gasteiger partial charge in [-0.2, -0.15) is 0 Å². The summed E-state index contributed by atoms with van der Waals surface area (Å²) in [6, 6.07) is 5.46. The van der Waals surface area contributed by atoms with Crippen molar-refractivity contribution in [3.05, 3.63) is 40.3 Å². The molecule has 1 unspecified atom stereocenters. The van der Waals surface area contributed by atoms with Crippen LogP contribution >= 0.6 is 15.9 Å². The molecule has 134 valence electrons. The molecule has 1 heterocycles. The Morgan fingerprint density at radius 3 is 2.76 bits per heavy atom. The van der Waals surface area contributed by atoms with E-state index in [1.807, 2.05) is 0 Å². The average molecular weight is 414 g/mol. The van der Waals surface area contributed by atoms with E-state index in [1.165, 1.54) is 30.1 Å². The maximum absolute atomic E-state index is 13.1. The number of halogens is 2. The zero-order valence-electron chi connectivity index (χ0n) is 13.9. The summed E-state index contributed by atoms with van der Waals surface area (Å²) in [6.45, 7) is 3.07. The molecule has 2 rings (SSSR count). The lowest BCUT2D eigenvalue weighted by molar-refractivity contribution is -0.139. The predicted octanol–water partition coefficient (Wildman–Crippen LogP) is 2.75. The first-order chi connectivity index (χ1) is 11.8. The summed E-state index contributed by atoms with van der Waals surface area (Å²) < 4.78 is 23.8. The van der Waals surface area contributed by atoms with Gasteiger partial charge >= 0.3 is 0 Å². The van der Waals surface area contributed by atoms with Gasteiger partial charge in [0, 0.05) is 13.1 Å². The molecule has 9 heteroatoms. The highest BCUT2D eigenvalue weighted by Crippen LogP contribution is 2.26. The Labute approximate surface area is 152 Å². The second-order valence-corrected chi connectivity index (χ2v) is 6.25. The normalized spacial score (nSPS) is 11.7. The summed E-state index contributed by atoms with van der Waals surface area (Å²) >= 11 is 3.17. The second kappa shape index (κ2) is 8.11. The molecule has 0 saturated heterocycles. The third kappa shape index (κ3) is 5.28. The largest absolute Gasteiger partial charge is 0.480 e. The number of ether oxygens (including phenoxy) is 1. The Kier molecular flexibility index (Phi) is 6.13. The Morgan fingerprint density at radius 2 is 2.16 bits per heavy atom. The fraction of sp³-hybridized carbons (Fsp3) is 0.312. The molecule has 1 aromatic heterocycles. The lowest BCUT2D eigenvalue weighted by atomic mass is 10.3. The Morgan fingerprint density at radius 1 is 1.44 bits per heavy atom. The highest BCUT2D eigenvalue weighted by molar-refractivity contribution is 9.10. The summed E-state index contributed by atoms with van der Waals surface area (Å²) in [5.74, 6) is -0.0650. The van der Waals surface area contributed by atoms with E-state index in [4.69, 9.17) is 9.26 Å². The van der Waals surface area contributed by atoms with Crippen LogP contribution in [-0.4, -0.2) is 41.6 Å². The molecule has 2 amide bonds. The van der Waals surface area contributed by atoms with Gasteiger partial charge in [-0.05, 0) is 48.0 Å². The standard InChI is InChI=1S/C16H17BrFN3O4/c1-9-6-14(20-25-9)19-15(22)8-21(3)16(23)10(2)24-13-5-4-11(18)7-12(13)17/h4-7,10H,8H2,1-3H3,(H,19,20,22). The van der Waals surface area contributed by atoms with Gasteiger partial charge in [-0.1, -0.05) is 5.16 Å². The van der Waals surface area contributed by atoms with E-state index >= 15 is 0 Å². The number of amides is 2. The minimum absolute atomic E-state index is 0.178. The molecular weight excluding hydrogens is 397 g/mol. The molecule has 0 fully saturated rings. The fourth-order valence-electron chi connectivity index (χ4n) is 2.02. The molecule has 25 heavy (non-hydrogen) atoms. The van der Waals surface area contributed by atoms with Gasteiger partial charge in [-0.3, -0.25) is 9.59 Å². The average Bonchev–Trinajstić information content (AvgIpc) is 2.93. The van der Waals surface area contributed by atoms with Crippen molar-refractivity contribution >= 4 is 33.6 Å². The molecule has 0 aliphatic carbocycles. The van der Waals surface area contributed by atoms with Crippen LogP contribution in [-0.2, 0) is 9.59 Å². The number of nitrogens with zero attached hydrogens (tertiary/aromatic N) is 2. The smallest absolute Gasteiger partial charge is 0.263 e. The van der Waals surface area contributed by atoms with Gasteiger partial charge in [-0.15, -0.1) is 0 Å². The highest BCUT2D eigenvalue weighted by atomic mass is 79.9. The predicted molar refractivity (Wildman–Crippen MR) is 91.7 cm³/mol. The third-order valence-electron chi connectivity index (χ3n) is 3.20. The van der Waals surface area contributed by atoms with E-state index in [-0.39, 0.29) is 12.4 Å². The van der Waals surface area contributed by atoms with Crippen LogP contribution in [0.4, 0.5) is 10.2 Å². The molecule has 1 atom stereocenters. The zero-order valence-corrected chi connectivity index (χ0v) is 15.5. The van der Waals surface area contributed by atoms with Gasteiger partial charge in [0.2, 0.25) is 5.91 Å². The van der Waals surface area contributed by atoms with Gasteiger partial charge in [-0.25, -0.2) is 4.39 Å². The van der Waals surface area contributed by atoms with E-state index in [0.29, 0.717) is 16.0 Å². The summed E-state index contributed by atoms with van der Waals surface area (Å²) in [7, 11) is 1.48. The van der Waals surface area contributed by atoms with Crippen LogP contribution in [0.15, 0.2) is 33.3 Å². The van der Waals surface area contributed by atoms with Gasteiger partial charge in [0.1, 0.15) is 17.3 Å². The summed E-state index contributed by atoms with van der Waals surface area (Å²) in [4.78, 5) is 25.5. The number of likely N-dealkylation sites (N-methyl/N-ethyl adjacent to an activating group) is 1. The van der Waals surface area contributed by atoms with Crippen LogP contribution in [0.3, 0.4) is 0 Å². The third-order valence-corrected chi connectivity index (χ3v) is 3.82. The lowest BCUT2D eigenvalue weighted by Gasteiger charge is -2.22. The van der Waals surface area contributed by atoms with Gasteiger partial charge in [0.15, 0.2) is 11.9 Å². The first kappa shape index (κ1) is 18.9. The summed E-state index contributed by atoms with van der Waals surface area (Å²) in [6.07, 6.45) is -0.853. The molecule has 1 N–H and O–H groups in total. The molecule has 0 spiro atoms. The summed E-state index contributed by atoms with van der Waals surface area (Å²) in [5.41, 5.74) is 0. The van der Waals surface area contributed by atoms with Crippen molar-refractivity contribution < 1.29 is 23.2 Å². The van der Waals surface area contributed by atoms with Gasteiger partial charge < -0.3 is 19.5 Å². The minimum Gasteiger partial charge on any atom is -0.480 e. The van der Waals surface area contributed by atoms with E-state index in [0.717, 1.165) is 0 Å². The van der Waals surface area contributed by atoms with Crippen molar-refractivity contribution in [2.75, 3.05) is 18.9 Å². The Balaban J connectivity index is 1.90. The molecular formula is C16H17BrFN3O4. The number of carbonyl (C=O) groups excluding carboxylic acids is 2. The van der Waals surface area contributed by atoms with Crippen molar-refractivity contribution in [2.45, 2.75) is 20.0 Å². The SMILES string of the molecule is Cc1cc(NC(=O)CN(C)C(=O)C(C)Oc2ccc(F)cc2Br)no1. The number of hydrogen-bond acceptors (Lipinski definition) is 5. The van der Waals surface area contributed by atoms with E-state index in [2.05, 4.69) is 26.4 Å². The van der Waals surface area contributed by atoms with E-state index < -0.39 is 23.7 Å². The number of aromatic nitrogens is 1. The van der Waals surface area contributed by atoms with Crippen LogP contribution in [0, 0.1) is 12.7 Å². The number of anilines is 1. The molecule has 0 saturated carbocycles. The number of hydrogen-bond donors (Lipinski definition) is 1. The molecule has 1 aromatic carbocycles. The first-order valence-corrected chi connectivity index (χ1v) is 8.15. The molecule has 7 nitrogen and oxygen atoms in total. The van der Waals surface area contributed by atoms with Crippen LogP contribution < -0.4 is 10.1 Å². The topological polar surface area (TPSA) is 84.7 Å². The lowest BCUT2D eigenvalue weighted by Crippen LogP contribution is -2.42. The number of benzene rings is 1. The van der Waals surface area contributed by atoms with Crippen LogP contribution in [0.1, 0.15) is 12.7 Å². The first-order valence-electron chi connectivity index (χ1n) is 7.36. The molecule has 0 aliphatic rings. The van der Waals surface area contributed by atoms with Crippen molar-refractivity contribution in [3.63, 3.8) is 0 Å². The quantitative estimate of drug-likeness (QED) is 0.786. The molecule has 2 aromatic rings. The van der Waals surface area contributed by atoms with Crippen LogP contribution in [0.25, 0.3) is 0 Å². The Hall–Kier alpha value is -2.42. The van der Waals surface area contributed by atoms with Crippen molar-refractivity contribution in [1.29, 1.82) is 0 Å². The molecule has 0 aliphatic heterocycles. The zero-order chi connectivity index (χ0) is 18.6. The van der Waals surface area contributed by atoms with E-state index in [1.54, 1.807) is 19.9 Å². The minimum atomic E-state index is -0.853. The van der Waals surface area contributed by atoms with Gasteiger partial charge in [0.25, 0.3) is 5.91 Å². The van der Waals surface area contributed by atoms with Crippen LogP contribution in [0.2, 0.25) is 0 Å². The number of carbonyl (C=O) groups is 2. The Bertz CT molecular complexity index is 780. The molecule has 0 radical (unpaired) electrons.